The molecule has 2 aromatic rings. The Balaban J connectivity index is 1.63. The van der Waals surface area contributed by atoms with Gasteiger partial charge in [0.25, 0.3) is 0 Å². The molecule has 9 nitrogen and oxygen atoms in total. The van der Waals surface area contributed by atoms with Crippen LogP contribution in [0.15, 0.2) is 27.8 Å². The van der Waals surface area contributed by atoms with E-state index < -0.39 is 18.0 Å². The number of aromatic nitrogens is 2. The number of nitrogen functional groups attached to an aromatic ring is 1. The summed E-state index contributed by atoms with van der Waals surface area (Å²) in [5.74, 6) is 1.05. The van der Waals surface area contributed by atoms with E-state index in [0.29, 0.717) is 34.8 Å². The van der Waals surface area contributed by atoms with E-state index in [1.165, 1.54) is 11.0 Å². The molecule has 2 aliphatic heterocycles. The lowest BCUT2D eigenvalue weighted by Crippen LogP contribution is -2.45. The number of amides is 2. The first-order valence-electron chi connectivity index (χ1n) is 10.8. The summed E-state index contributed by atoms with van der Waals surface area (Å²) in [7, 11) is 1.57. The van der Waals surface area contributed by atoms with Crippen LogP contribution >= 0.6 is 15.9 Å². The predicted octanol–water partition coefficient (Wildman–Crippen LogP) is 3.29. The Morgan fingerprint density at radius 3 is 2.85 bits per heavy atom. The van der Waals surface area contributed by atoms with E-state index in [9.17, 15) is 14.3 Å². The molecule has 0 bridgehead atoms. The fraction of sp³-hybridized carbons (Fsp3) is 0.391. The largest absolute Gasteiger partial charge is 0.396 e. The average Bonchev–Trinajstić information content (AvgIpc) is 3.28. The van der Waals surface area contributed by atoms with Gasteiger partial charge in [-0.25, -0.2) is 14.2 Å². The molecule has 3 heterocycles. The Bertz CT molecular complexity index is 1210. The van der Waals surface area contributed by atoms with Gasteiger partial charge < -0.3 is 21.1 Å². The van der Waals surface area contributed by atoms with E-state index in [-0.39, 0.29) is 23.6 Å². The highest BCUT2D eigenvalue weighted by molar-refractivity contribution is 9.10. The van der Waals surface area contributed by atoms with Gasteiger partial charge in [0.05, 0.1) is 18.3 Å². The fourth-order valence-electron chi connectivity index (χ4n) is 3.63. The van der Waals surface area contributed by atoms with Crippen LogP contribution in [0.1, 0.15) is 31.9 Å². The Labute approximate surface area is 205 Å². The van der Waals surface area contributed by atoms with Crippen LogP contribution in [0, 0.1) is 11.2 Å². The van der Waals surface area contributed by atoms with Gasteiger partial charge in [0, 0.05) is 47.5 Å². The molecule has 11 heteroatoms. The van der Waals surface area contributed by atoms with Crippen molar-refractivity contribution in [2.75, 3.05) is 42.2 Å². The minimum absolute atomic E-state index is 0.0471. The number of fused-ring (bicyclic) bond motifs is 3. The maximum atomic E-state index is 13.9. The van der Waals surface area contributed by atoms with Crippen LogP contribution in [-0.2, 0) is 0 Å². The van der Waals surface area contributed by atoms with Crippen molar-refractivity contribution in [3.8, 4) is 0 Å². The first-order chi connectivity index (χ1) is 16.0. The number of carbonyl (C=O) groups excluding carboxylic acids is 1. The van der Waals surface area contributed by atoms with Gasteiger partial charge in [-0.05, 0) is 23.6 Å². The van der Waals surface area contributed by atoms with Crippen molar-refractivity contribution in [2.24, 2.45) is 10.4 Å². The van der Waals surface area contributed by atoms with Crippen molar-refractivity contribution in [3.63, 3.8) is 0 Å². The van der Waals surface area contributed by atoms with E-state index in [2.05, 4.69) is 36.2 Å². The molecule has 1 atom stereocenters. The van der Waals surface area contributed by atoms with E-state index in [0.717, 1.165) is 11.1 Å². The van der Waals surface area contributed by atoms with Crippen LogP contribution in [0.4, 0.5) is 26.6 Å². The van der Waals surface area contributed by atoms with E-state index in [4.69, 9.17) is 5.73 Å². The number of anilines is 3. The number of nitrogens with zero attached hydrogens (tertiary/aromatic N) is 5. The summed E-state index contributed by atoms with van der Waals surface area (Å²) in [6.45, 7) is 6.99. The quantitative estimate of drug-likeness (QED) is 0.520. The second kappa shape index (κ2) is 8.95. The maximum Gasteiger partial charge on any atom is 0.324 e. The molecule has 2 amide bonds. The van der Waals surface area contributed by atoms with E-state index >= 15 is 0 Å². The second-order valence-corrected chi connectivity index (χ2v) is 10.2. The third kappa shape index (κ3) is 4.49. The number of nitrogens with two attached hydrogens (primary N) is 1. The number of urea groups is 1. The molecule has 0 radical (unpaired) electrons. The highest BCUT2D eigenvalue weighted by Gasteiger charge is 2.32. The van der Waals surface area contributed by atoms with Crippen LogP contribution in [0.2, 0.25) is 0 Å². The third-order valence-electron chi connectivity index (χ3n) is 5.85. The number of nitrogens with one attached hydrogen (secondary N) is 1. The number of hydrogen-bond acceptors (Lipinski definition) is 7. The number of aliphatic imine (C=N–C) groups is 1. The number of aliphatic hydroxyl groups excluding tert-OH is 1. The fourth-order valence-corrected chi connectivity index (χ4v) is 4.16. The molecule has 0 spiro atoms. The summed E-state index contributed by atoms with van der Waals surface area (Å²) in [5.41, 5.74) is 7.75. The van der Waals surface area contributed by atoms with E-state index in [1.54, 1.807) is 19.3 Å². The molecule has 1 aromatic heterocycles. The summed E-state index contributed by atoms with van der Waals surface area (Å²) in [4.78, 5) is 29.5. The molecule has 34 heavy (non-hydrogen) atoms. The summed E-state index contributed by atoms with van der Waals surface area (Å²) >= 11 is 3.43. The lowest BCUT2D eigenvalue weighted by atomic mass is 9.89. The predicted molar refractivity (Wildman–Crippen MR) is 135 cm³/mol. The van der Waals surface area contributed by atoms with Gasteiger partial charge in [-0.2, -0.15) is 4.98 Å². The Morgan fingerprint density at radius 2 is 2.15 bits per heavy atom. The van der Waals surface area contributed by atoms with Crippen LogP contribution < -0.4 is 20.9 Å². The standard InChI is InChI=1S/C23H27BrFN7O2/c1-23(2,3)18(33)11-29-22(34)31(4)21-28-10-12-7-14(13-8-17(26)16(25)9-15(13)24)20-27-5-6-32(20)19(12)30-21/h7-10,18,33H,5-6,11,26H2,1-4H3,(H,29,34). The van der Waals surface area contributed by atoms with Crippen LogP contribution in [0.3, 0.4) is 0 Å². The van der Waals surface area contributed by atoms with Crippen molar-refractivity contribution >= 4 is 56.9 Å². The number of benzene rings is 1. The van der Waals surface area contributed by atoms with E-state index in [1.807, 2.05) is 31.7 Å². The van der Waals surface area contributed by atoms with Crippen molar-refractivity contribution in [3.05, 3.63) is 39.7 Å². The normalized spacial score (nSPS) is 15.8. The number of aliphatic hydroxyl groups is 1. The molecule has 0 fully saturated rings. The van der Waals surface area contributed by atoms with Crippen LogP contribution in [0.5, 0.6) is 0 Å². The molecule has 2 aliphatic rings. The minimum Gasteiger partial charge on any atom is -0.396 e. The number of halogens is 2. The molecule has 0 aliphatic carbocycles. The van der Waals surface area contributed by atoms with Gasteiger partial charge in [0.1, 0.15) is 17.5 Å². The zero-order valence-electron chi connectivity index (χ0n) is 19.4. The Morgan fingerprint density at radius 1 is 1.41 bits per heavy atom. The van der Waals surface area contributed by atoms with Crippen LogP contribution in [-0.4, -0.2) is 59.7 Å². The molecule has 1 aromatic carbocycles. The van der Waals surface area contributed by atoms with Gasteiger partial charge in [-0.3, -0.25) is 9.89 Å². The number of rotatable bonds is 4. The highest BCUT2D eigenvalue weighted by atomic mass is 79.9. The molecule has 180 valence electrons. The molecule has 0 saturated carbocycles. The smallest absolute Gasteiger partial charge is 0.324 e. The first-order valence-corrected chi connectivity index (χ1v) is 11.6. The molecule has 4 N–H and O–H groups in total. The maximum absolute atomic E-state index is 13.9. The molecular formula is C23H27BrFN7O2. The van der Waals surface area contributed by atoms with Gasteiger partial charge >= 0.3 is 6.03 Å². The summed E-state index contributed by atoms with van der Waals surface area (Å²) in [5, 5.41) is 12.9. The lowest BCUT2D eigenvalue weighted by Gasteiger charge is -2.29. The molecule has 1 unspecified atom stereocenters. The first kappa shape index (κ1) is 24.1. The zero-order valence-corrected chi connectivity index (χ0v) is 21.0. The highest BCUT2D eigenvalue weighted by Crippen LogP contribution is 2.38. The third-order valence-corrected chi connectivity index (χ3v) is 6.50. The molecule has 4 rings (SSSR count). The topological polar surface area (TPSA) is 120 Å². The second-order valence-electron chi connectivity index (χ2n) is 9.34. The number of carbonyl (C=O) groups is 1. The molecular weight excluding hydrogens is 505 g/mol. The zero-order chi connectivity index (χ0) is 24.8. The Hall–Kier alpha value is -3.05. The Kier molecular flexibility index (Phi) is 6.34. The van der Waals surface area contributed by atoms with Gasteiger partial charge in [0.2, 0.25) is 5.95 Å². The molecule has 0 saturated heterocycles. The van der Waals surface area contributed by atoms with Crippen molar-refractivity contribution in [1.29, 1.82) is 0 Å². The summed E-state index contributed by atoms with van der Waals surface area (Å²) < 4.78 is 14.5. The summed E-state index contributed by atoms with van der Waals surface area (Å²) in [6, 6.07) is 2.50. The summed E-state index contributed by atoms with van der Waals surface area (Å²) in [6.07, 6.45) is 2.83. The lowest BCUT2D eigenvalue weighted by molar-refractivity contribution is 0.0652. The van der Waals surface area contributed by atoms with Crippen molar-refractivity contribution in [1.82, 2.24) is 15.3 Å². The van der Waals surface area contributed by atoms with Crippen molar-refractivity contribution in [2.45, 2.75) is 26.9 Å². The van der Waals surface area contributed by atoms with Gasteiger partial charge in [0.15, 0.2) is 0 Å². The minimum atomic E-state index is -0.693. The monoisotopic (exact) mass is 531 g/mol. The SMILES string of the molecule is CN(C(=O)NCC(O)C(C)(C)C)c1ncc2c(n1)N1CCN=C1C(c1cc(N)c(F)cc1Br)=C2. The average molecular weight is 532 g/mol. The number of hydrogen-bond donors (Lipinski definition) is 3. The van der Waals surface area contributed by atoms with Gasteiger partial charge in [-0.15, -0.1) is 0 Å². The van der Waals surface area contributed by atoms with Crippen molar-refractivity contribution < 1.29 is 14.3 Å². The van der Waals surface area contributed by atoms with Crippen LogP contribution in [0.25, 0.3) is 11.6 Å². The van der Waals surface area contributed by atoms with Gasteiger partial charge in [-0.1, -0.05) is 36.7 Å². The number of amidine groups is 1.